The van der Waals surface area contributed by atoms with Gasteiger partial charge in [-0.3, -0.25) is 4.79 Å². The second-order valence-corrected chi connectivity index (χ2v) is 5.15. The molecule has 0 spiro atoms. The van der Waals surface area contributed by atoms with Gasteiger partial charge in [0.15, 0.2) is 23.0 Å². The summed E-state index contributed by atoms with van der Waals surface area (Å²) >= 11 is 0. The first kappa shape index (κ1) is 14.5. The largest absolute Gasteiger partial charge is 0.486 e. The molecule has 0 saturated heterocycles. The monoisotopic (exact) mass is 330 g/mol. The Kier molecular flexibility index (Phi) is 3.74. The summed E-state index contributed by atoms with van der Waals surface area (Å²) in [6.07, 6.45) is 0. The van der Waals surface area contributed by atoms with Gasteiger partial charge in [-0.25, -0.2) is 0 Å². The predicted molar refractivity (Wildman–Crippen MR) is 81.1 cm³/mol. The minimum absolute atomic E-state index is 0.0931. The molecule has 0 unspecified atom stereocenters. The molecule has 0 saturated carbocycles. The van der Waals surface area contributed by atoms with Crippen molar-refractivity contribution in [2.45, 2.75) is 0 Å². The molecule has 0 fully saturated rings. The van der Waals surface area contributed by atoms with Crippen molar-refractivity contribution >= 4 is 5.78 Å². The van der Waals surface area contributed by atoms with Crippen molar-refractivity contribution in [2.24, 2.45) is 0 Å². The molecule has 124 valence electrons. The maximum Gasteiger partial charge on any atom is 0.231 e. The second-order valence-electron chi connectivity index (χ2n) is 5.15. The third kappa shape index (κ3) is 3.01. The predicted octanol–water partition coefficient (Wildman–Crippen LogP) is 2.17. The van der Waals surface area contributed by atoms with Crippen molar-refractivity contribution in [1.82, 2.24) is 0 Å². The molecule has 4 rings (SSSR count). The minimum Gasteiger partial charge on any atom is -0.486 e. The molecule has 0 atom stereocenters. The van der Waals surface area contributed by atoms with E-state index in [2.05, 4.69) is 0 Å². The van der Waals surface area contributed by atoms with E-state index in [-0.39, 0.29) is 32.6 Å². The first-order valence-electron chi connectivity index (χ1n) is 7.34. The van der Waals surface area contributed by atoms with E-state index < -0.39 is 0 Å². The molecular formula is C17H14O7. The van der Waals surface area contributed by atoms with E-state index in [4.69, 9.17) is 28.4 Å². The Hall–Kier alpha value is -3.09. The molecule has 24 heavy (non-hydrogen) atoms. The van der Waals surface area contributed by atoms with Gasteiger partial charge in [0, 0.05) is 12.1 Å². The van der Waals surface area contributed by atoms with Gasteiger partial charge in [0.1, 0.15) is 24.7 Å². The molecule has 2 aliphatic heterocycles. The Bertz CT molecular complexity index is 708. The molecule has 0 N–H and O–H groups in total. The van der Waals surface area contributed by atoms with Gasteiger partial charge in [0.05, 0.1) is 0 Å². The Morgan fingerprint density at radius 3 is 1.71 bits per heavy atom. The molecule has 7 nitrogen and oxygen atoms in total. The topological polar surface area (TPSA) is 72.5 Å². The van der Waals surface area contributed by atoms with Crippen molar-refractivity contribution in [2.75, 3.05) is 26.8 Å². The van der Waals surface area contributed by atoms with E-state index in [0.29, 0.717) is 34.5 Å². The van der Waals surface area contributed by atoms with E-state index in [0.717, 1.165) is 0 Å². The summed E-state index contributed by atoms with van der Waals surface area (Å²) in [5.41, 5.74) is 0. The van der Waals surface area contributed by atoms with Crippen LogP contribution in [-0.2, 0) is 4.79 Å². The van der Waals surface area contributed by atoms with Crippen LogP contribution in [0.4, 0.5) is 0 Å². The third-order valence-electron chi connectivity index (χ3n) is 3.49. The molecule has 2 aromatic rings. The lowest BCUT2D eigenvalue weighted by atomic mass is 10.3. The highest BCUT2D eigenvalue weighted by Gasteiger charge is 2.16. The maximum atomic E-state index is 11.9. The summed E-state index contributed by atoms with van der Waals surface area (Å²) in [7, 11) is 0. The van der Waals surface area contributed by atoms with Crippen LogP contribution in [0.1, 0.15) is 0 Å². The van der Waals surface area contributed by atoms with E-state index >= 15 is 0 Å². The van der Waals surface area contributed by atoms with Crippen LogP contribution in [0, 0.1) is 0 Å². The summed E-state index contributed by atoms with van der Waals surface area (Å²) in [5.74, 6) is 3.43. The number of carbonyl (C=O) groups is 1. The first-order chi connectivity index (χ1) is 11.8. The zero-order valence-electron chi connectivity index (χ0n) is 12.7. The standard InChI is InChI=1S/C17H14O7/c18-11(7-19-12-1-3-14-16(5-12)23-9-21-14)8-20-13-2-4-15-17(6-13)24-10-22-15/h1-6H,7-10H2. The Morgan fingerprint density at radius 1 is 0.750 bits per heavy atom. The zero-order chi connectivity index (χ0) is 16.4. The van der Waals surface area contributed by atoms with Gasteiger partial charge in [-0.1, -0.05) is 0 Å². The molecule has 2 aliphatic rings. The van der Waals surface area contributed by atoms with E-state index in [1.54, 1.807) is 36.4 Å². The van der Waals surface area contributed by atoms with Gasteiger partial charge >= 0.3 is 0 Å². The van der Waals surface area contributed by atoms with Crippen molar-refractivity contribution in [1.29, 1.82) is 0 Å². The van der Waals surface area contributed by atoms with Crippen LogP contribution in [0.2, 0.25) is 0 Å². The van der Waals surface area contributed by atoms with E-state index in [9.17, 15) is 4.79 Å². The minimum atomic E-state index is -0.190. The summed E-state index contributed by atoms with van der Waals surface area (Å²) in [6.45, 7) is 0.205. The number of ketones is 1. The molecular weight excluding hydrogens is 316 g/mol. The smallest absolute Gasteiger partial charge is 0.231 e. The van der Waals surface area contributed by atoms with E-state index in [1.807, 2.05) is 0 Å². The number of hydrogen-bond acceptors (Lipinski definition) is 7. The highest BCUT2D eigenvalue weighted by molar-refractivity contribution is 5.81. The van der Waals surface area contributed by atoms with Crippen LogP contribution >= 0.6 is 0 Å². The number of benzene rings is 2. The second kappa shape index (κ2) is 6.19. The molecule has 0 radical (unpaired) electrons. The SMILES string of the molecule is O=C(COc1ccc2c(c1)OCO2)COc1ccc2c(c1)OCO2. The number of hydrogen-bond donors (Lipinski definition) is 0. The van der Waals surface area contributed by atoms with Crippen molar-refractivity contribution < 1.29 is 33.2 Å². The highest BCUT2D eigenvalue weighted by atomic mass is 16.7. The van der Waals surface area contributed by atoms with Crippen LogP contribution < -0.4 is 28.4 Å². The van der Waals surface area contributed by atoms with Gasteiger partial charge < -0.3 is 28.4 Å². The number of rotatable bonds is 6. The van der Waals surface area contributed by atoms with Crippen LogP contribution in [0.25, 0.3) is 0 Å². The van der Waals surface area contributed by atoms with Crippen molar-refractivity contribution in [3.8, 4) is 34.5 Å². The van der Waals surface area contributed by atoms with Gasteiger partial charge in [-0.05, 0) is 24.3 Å². The number of ether oxygens (including phenoxy) is 6. The molecule has 0 aromatic heterocycles. The fraction of sp³-hybridized carbons (Fsp3) is 0.235. The van der Waals surface area contributed by atoms with Gasteiger partial charge in [-0.15, -0.1) is 0 Å². The Morgan fingerprint density at radius 2 is 1.21 bits per heavy atom. The summed E-state index contributed by atoms with van der Waals surface area (Å²) < 4.78 is 31.8. The summed E-state index contributed by atoms with van der Waals surface area (Å²) in [6, 6.07) is 10.3. The molecule has 2 aromatic carbocycles. The average molecular weight is 330 g/mol. The molecule has 0 aliphatic carbocycles. The fourth-order valence-corrected chi connectivity index (χ4v) is 2.30. The molecule has 0 amide bonds. The van der Waals surface area contributed by atoms with Gasteiger partial charge in [-0.2, -0.15) is 0 Å². The number of Topliss-reactive ketones (excluding diaryl/α,β-unsaturated/α-hetero) is 1. The summed E-state index contributed by atoms with van der Waals surface area (Å²) in [4.78, 5) is 11.9. The number of fused-ring (bicyclic) bond motifs is 2. The normalized spacial score (nSPS) is 13.7. The van der Waals surface area contributed by atoms with Gasteiger partial charge in [0.25, 0.3) is 0 Å². The van der Waals surface area contributed by atoms with Crippen molar-refractivity contribution in [3.63, 3.8) is 0 Å². The Labute approximate surface area is 137 Å². The quantitative estimate of drug-likeness (QED) is 0.803. The maximum absolute atomic E-state index is 11.9. The number of carbonyl (C=O) groups excluding carboxylic acids is 1. The first-order valence-corrected chi connectivity index (χ1v) is 7.34. The van der Waals surface area contributed by atoms with Crippen LogP contribution in [0.3, 0.4) is 0 Å². The third-order valence-corrected chi connectivity index (χ3v) is 3.49. The van der Waals surface area contributed by atoms with Crippen LogP contribution in [0.5, 0.6) is 34.5 Å². The van der Waals surface area contributed by atoms with E-state index in [1.165, 1.54) is 0 Å². The lowest BCUT2D eigenvalue weighted by Crippen LogP contribution is -2.19. The lowest BCUT2D eigenvalue weighted by molar-refractivity contribution is -0.123. The highest BCUT2D eigenvalue weighted by Crippen LogP contribution is 2.36. The van der Waals surface area contributed by atoms with Crippen LogP contribution in [0.15, 0.2) is 36.4 Å². The molecule has 0 bridgehead atoms. The van der Waals surface area contributed by atoms with Crippen molar-refractivity contribution in [3.05, 3.63) is 36.4 Å². The van der Waals surface area contributed by atoms with Gasteiger partial charge in [0.2, 0.25) is 19.4 Å². The molecule has 2 heterocycles. The average Bonchev–Trinajstić information content (AvgIpc) is 3.25. The molecule has 7 heteroatoms. The van der Waals surface area contributed by atoms with Crippen LogP contribution in [-0.4, -0.2) is 32.6 Å². The zero-order valence-corrected chi connectivity index (χ0v) is 12.7. The Balaban J connectivity index is 1.28. The lowest BCUT2D eigenvalue weighted by Gasteiger charge is -2.08. The summed E-state index contributed by atoms with van der Waals surface area (Å²) in [5, 5.41) is 0. The fourth-order valence-electron chi connectivity index (χ4n) is 2.30.